The topological polar surface area (TPSA) is 92.3 Å². The number of nitrogens with one attached hydrogen (secondary N) is 1. The zero-order chi connectivity index (χ0) is 20.3. The second-order valence-electron chi connectivity index (χ2n) is 6.29. The molecule has 0 radical (unpaired) electrons. The van der Waals surface area contributed by atoms with Crippen LogP contribution in [0.15, 0.2) is 53.7 Å². The zero-order valence-electron chi connectivity index (χ0n) is 15.7. The second kappa shape index (κ2) is 8.17. The first-order valence-electron chi connectivity index (χ1n) is 8.46. The van der Waals surface area contributed by atoms with Crippen LogP contribution in [0.3, 0.4) is 0 Å². The Morgan fingerprint density at radius 1 is 1.18 bits per heavy atom. The van der Waals surface area contributed by atoms with Crippen LogP contribution >= 0.6 is 11.3 Å². The summed E-state index contributed by atoms with van der Waals surface area (Å²) in [4.78, 5) is 21.8. The van der Waals surface area contributed by atoms with Crippen molar-refractivity contribution in [3.05, 3.63) is 64.9 Å². The molecule has 28 heavy (non-hydrogen) atoms. The summed E-state index contributed by atoms with van der Waals surface area (Å²) < 4.78 is 25.4. The molecule has 0 spiro atoms. The molecule has 0 atom stereocenters. The third-order valence-corrected chi connectivity index (χ3v) is 7.10. The molecule has 1 N–H and O–H groups in total. The minimum Gasteiger partial charge on any atom is -0.347 e. The molecule has 2 heterocycles. The number of sulfonamides is 1. The quantitative estimate of drug-likeness (QED) is 0.667. The van der Waals surface area contributed by atoms with Crippen molar-refractivity contribution in [3.8, 4) is 10.6 Å². The van der Waals surface area contributed by atoms with E-state index in [4.69, 9.17) is 0 Å². The number of carbonyl (C=O) groups is 1. The number of carbonyl (C=O) groups excluding carboxylic acids is 1. The van der Waals surface area contributed by atoms with E-state index in [0.717, 1.165) is 20.4 Å². The van der Waals surface area contributed by atoms with Crippen molar-refractivity contribution in [2.75, 3.05) is 14.1 Å². The summed E-state index contributed by atoms with van der Waals surface area (Å²) in [5, 5.41) is 3.60. The van der Waals surface area contributed by atoms with Gasteiger partial charge in [-0.1, -0.05) is 12.1 Å². The van der Waals surface area contributed by atoms with Crippen LogP contribution in [-0.2, 0) is 16.6 Å². The molecule has 7 nitrogen and oxygen atoms in total. The Hall–Kier alpha value is -2.62. The van der Waals surface area contributed by atoms with Gasteiger partial charge in [-0.2, -0.15) is 0 Å². The van der Waals surface area contributed by atoms with Gasteiger partial charge >= 0.3 is 0 Å². The molecule has 0 aliphatic rings. The van der Waals surface area contributed by atoms with Crippen molar-refractivity contribution >= 4 is 27.3 Å². The monoisotopic (exact) mass is 416 g/mol. The first kappa shape index (κ1) is 20.1. The summed E-state index contributed by atoms with van der Waals surface area (Å²) in [5.74, 6) is -0.213. The van der Waals surface area contributed by atoms with Crippen molar-refractivity contribution in [2.24, 2.45) is 0 Å². The van der Waals surface area contributed by atoms with E-state index >= 15 is 0 Å². The number of amides is 1. The largest absolute Gasteiger partial charge is 0.347 e. The van der Waals surface area contributed by atoms with Gasteiger partial charge in [-0.3, -0.25) is 9.78 Å². The number of nitrogens with zero attached hydrogens (tertiary/aromatic N) is 3. The Balaban J connectivity index is 1.69. The number of hydrogen-bond acceptors (Lipinski definition) is 6. The Bertz CT molecular complexity index is 1080. The fourth-order valence-electron chi connectivity index (χ4n) is 2.47. The van der Waals surface area contributed by atoms with Crippen molar-refractivity contribution in [2.45, 2.75) is 18.4 Å². The van der Waals surface area contributed by atoms with Gasteiger partial charge in [-0.15, -0.1) is 11.3 Å². The first-order chi connectivity index (χ1) is 13.3. The van der Waals surface area contributed by atoms with Crippen LogP contribution in [0.5, 0.6) is 0 Å². The molecule has 0 fully saturated rings. The highest BCUT2D eigenvalue weighted by Gasteiger charge is 2.18. The van der Waals surface area contributed by atoms with Crippen LogP contribution < -0.4 is 5.32 Å². The van der Waals surface area contributed by atoms with Gasteiger partial charge in [0.05, 0.1) is 10.6 Å². The Morgan fingerprint density at radius 3 is 2.50 bits per heavy atom. The Kier molecular flexibility index (Phi) is 5.87. The molecule has 9 heteroatoms. The van der Waals surface area contributed by atoms with Crippen LogP contribution in [0.4, 0.5) is 0 Å². The molecule has 3 rings (SSSR count). The fourth-order valence-corrected chi connectivity index (χ4v) is 4.35. The molecule has 0 bridgehead atoms. The third kappa shape index (κ3) is 4.27. The Labute approximate surface area is 168 Å². The molecule has 3 aromatic rings. The second-order valence-corrected chi connectivity index (χ2v) is 9.44. The molecule has 2 aromatic heterocycles. The molecule has 0 saturated heterocycles. The first-order valence-corrected chi connectivity index (χ1v) is 10.7. The lowest BCUT2D eigenvalue weighted by molar-refractivity contribution is 0.0954. The number of thiazole rings is 1. The van der Waals surface area contributed by atoms with Crippen molar-refractivity contribution in [1.29, 1.82) is 0 Å². The van der Waals surface area contributed by atoms with Gasteiger partial charge in [0.1, 0.15) is 9.88 Å². The van der Waals surface area contributed by atoms with E-state index in [9.17, 15) is 13.2 Å². The number of benzene rings is 1. The fraction of sp³-hybridized carbons (Fsp3) is 0.211. The van der Waals surface area contributed by atoms with Crippen molar-refractivity contribution in [3.63, 3.8) is 0 Å². The smallest absolute Gasteiger partial charge is 0.263 e. The van der Waals surface area contributed by atoms with Crippen LogP contribution in [0, 0.1) is 6.92 Å². The minimum absolute atomic E-state index is 0.213. The highest BCUT2D eigenvalue weighted by molar-refractivity contribution is 7.89. The summed E-state index contributed by atoms with van der Waals surface area (Å²) in [7, 11) is -0.489. The van der Waals surface area contributed by atoms with E-state index in [2.05, 4.69) is 15.3 Å². The van der Waals surface area contributed by atoms with Crippen molar-refractivity contribution < 1.29 is 13.2 Å². The molecule has 146 valence electrons. The Morgan fingerprint density at radius 2 is 1.89 bits per heavy atom. The van der Waals surface area contributed by atoms with Gasteiger partial charge < -0.3 is 5.32 Å². The third-order valence-electron chi connectivity index (χ3n) is 4.07. The average molecular weight is 417 g/mol. The van der Waals surface area contributed by atoms with Crippen molar-refractivity contribution in [1.82, 2.24) is 19.6 Å². The van der Waals surface area contributed by atoms with Gasteiger partial charge in [0.15, 0.2) is 0 Å². The molecular formula is C19H20N4O3S2. The normalized spacial score (nSPS) is 11.6. The van der Waals surface area contributed by atoms with Gasteiger partial charge in [-0.05, 0) is 36.8 Å². The lowest BCUT2D eigenvalue weighted by atomic mass is 10.2. The van der Waals surface area contributed by atoms with Crippen LogP contribution in [0.25, 0.3) is 10.6 Å². The van der Waals surface area contributed by atoms with Crippen LogP contribution in [-0.4, -0.2) is 42.7 Å². The number of aromatic nitrogens is 2. The number of aryl methyl sites for hydroxylation is 1. The maximum atomic E-state index is 12.5. The maximum absolute atomic E-state index is 12.5. The molecular weight excluding hydrogens is 396 g/mol. The standard InChI is InChI=1S/C19H20N4O3S2/c1-13-17(27-19(22-13)15-5-4-10-20-12-15)18(24)21-11-14-6-8-16(9-7-14)28(25,26)23(2)3/h4-10,12H,11H2,1-3H3,(H,21,24). The molecule has 0 saturated carbocycles. The van der Waals surface area contributed by atoms with Gasteiger partial charge in [-0.25, -0.2) is 17.7 Å². The lowest BCUT2D eigenvalue weighted by Crippen LogP contribution is -2.23. The maximum Gasteiger partial charge on any atom is 0.263 e. The molecule has 0 aliphatic carbocycles. The SMILES string of the molecule is Cc1nc(-c2cccnc2)sc1C(=O)NCc1ccc(S(=O)(=O)N(C)C)cc1. The lowest BCUT2D eigenvalue weighted by Gasteiger charge is -2.11. The minimum atomic E-state index is -3.46. The number of pyridine rings is 1. The number of rotatable bonds is 6. The van der Waals surface area contributed by atoms with Gasteiger partial charge in [0, 0.05) is 38.6 Å². The van der Waals surface area contributed by atoms with Gasteiger partial charge in [0.25, 0.3) is 5.91 Å². The predicted molar refractivity (Wildman–Crippen MR) is 109 cm³/mol. The molecule has 1 amide bonds. The molecule has 0 unspecified atom stereocenters. The summed E-state index contributed by atoms with van der Waals surface area (Å²) in [6, 6.07) is 10.2. The summed E-state index contributed by atoms with van der Waals surface area (Å²) in [6.07, 6.45) is 3.40. The van der Waals surface area contributed by atoms with E-state index in [1.54, 1.807) is 31.5 Å². The van der Waals surface area contributed by atoms with E-state index in [0.29, 0.717) is 17.1 Å². The van der Waals surface area contributed by atoms with Gasteiger partial charge in [0.2, 0.25) is 10.0 Å². The highest BCUT2D eigenvalue weighted by Crippen LogP contribution is 2.27. The number of hydrogen-bond donors (Lipinski definition) is 1. The summed E-state index contributed by atoms with van der Waals surface area (Å²) in [5.41, 5.74) is 2.34. The molecule has 1 aromatic carbocycles. The summed E-state index contributed by atoms with van der Waals surface area (Å²) in [6.45, 7) is 2.09. The van der Waals surface area contributed by atoms with Crippen LogP contribution in [0.1, 0.15) is 20.9 Å². The van der Waals surface area contributed by atoms with E-state index in [-0.39, 0.29) is 10.8 Å². The highest BCUT2D eigenvalue weighted by atomic mass is 32.2. The van der Waals surface area contributed by atoms with E-state index in [1.807, 2.05) is 12.1 Å². The zero-order valence-corrected chi connectivity index (χ0v) is 17.3. The van der Waals surface area contributed by atoms with Crippen LogP contribution in [0.2, 0.25) is 0 Å². The average Bonchev–Trinajstić information content (AvgIpc) is 3.09. The summed E-state index contributed by atoms with van der Waals surface area (Å²) >= 11 is 1.32. The molecule has 0 aliphatic heterocycles. The van der Waals surface area contributed by atoms with E-state index < -0.39 is 10.0 Å². The van der Waals surface area contributed by atoms with E-state index in [1.165, 1.54) is 37.6 Å². The predicted octanol–water partition coefficient (Wildman–Crippen LogP) is 2.69.